The number of imidazole rings is 1. The molecule has 0 amide bonds. The zero-order valence-corrected chi connectivity index (χ0v) is 9.22. The molecule has 1 aromatic heterocycles. The van der Waals surface area contributed by atoms with Crippen molar-refractivity contribution < 1.29 is 14.7 Å². The standard InChI is InChI=1S/C10H14N4O3/c11-6(10(16)17)3-9(15)14-5-13-7-1-2-12-4-8(7)14/h5-6,12H,1-4,11H2,(H,16,17)/t6-/m0/s1. The van der Waals surface area contributed by atoms with E-state index >= 15 is 0 Å². The van der Waals surface area contributed by atoms with Crippen LogP contribution < -0.4 is 11.1 Å². The first-order chi connectivity index (χ1) is 8.09. The van der Waals surface area contributed by atoms with Crippen molar-refractivity contribution in [3.8, 4) is 0 Å². The average Bonchev–Trinajstić information content (AvgIpc) is 2.72. The van der Waals surface area contributed by atoms with Crippen LogP contribution in [-0.2, 0) is 17.8 Å². The van der Waals surface area contributed by atoms with Crippen molar-refractivity contribution in [2.24, 2.45) is 5.73 Å². The SMILES string of the molecule is N[C@@H](CC(=O)n1cnc2c1CNCC2)C(=O)O. The molecule has 0 radical (unpaired) electrons. The highest BCUT2D eigenvalue weighted by molar-refractivity contribution is 5.86. The van der Waals surface area contributed by atoms with Gasteiger partial charge in [-0.3, -0.25) is 14.2 Å². The average molecular weight is 238 g/mol. The van der Waals surface area contributed by atoms with Gasteiger partial charge in [0, 0.05) is 19.5 Å². The second kappa shape index (κ2) is 4.64. The molecule has 7 nitrogen and oxygen atoms in total. The summed E-state index contributed by atoms with van der Waals surface area (Å²) in [5.41, 5.74) is 7.02. The van der Waals surface area contributed by atoms with Crippen molar-refractivity contribution in [2.75, 3.05) is 6.54 Å². The number of carbonyl (C=O) groups is 2. The fourth-order valence-corrected chi connectivity index (χ4v) is 1.81. The van der Waals surface area contributed by atoms with Crippen molar-refractivity contribution >= 4 is 11.9 Å². The molecule has 0 aliphatic carbocycles. The van der Waals surface area contributed by atoms with Gasteiger partial charge in [0.05, 0.1) is 17.8 Å². The lowest BCUT2D eigenvalue weighted by molar-refractivity contribution is -0.138. The number of hydrogen-bond donors (Lipinski definition) is 3. The lowest BCUT2D eigenvalue weighted by atomic mass is 10.1. The molecule has 2 rings (SSSR count). The van der Waals surface area contributed by atoms with E-state index in [0.717, 1.165) is 24.4 Å². The van der Waals surface area contributed by atoms with E-state index in [1.54, 1.807) is 0 Å². The van der Waals surface area contributed by atoms with Gasteiger partial charge < -0.3 is 16.2 Å². The molecule has 0 saturated carbocycles. The summed E-state index contributed by atoms with van der Waals surface area (Å²) in [6.45, 7) is 1.41. The maximum Gasteiger partial charge on any atom is 0.321 e. The lowest BCUT2D eigenvalue weighted by Gasteiger charge is -2.15. The molecular weight excluding hydrogens is 224 g/mol. The molecule has 0 spiro atoms. The number of aliphatic carboxylic acids is 1. The van der Waals surface area contributed by atoms with Crippen LogP contribution in [0, 0.1) is 0 Å². The van der Waals surface area contributed by atoms with Crippen LogP contribution in [0.15, 0.2) is 6.33 Å². The quantitative estimate of drug-likeness (QED) is 0.621. The third kappa shape index (κ3) is 2.34. The molecule has 0 aromatic carbocycles. The minimum absolute atomic E-state index is 0.224. The predicted octanol–water partition coefficient (Wildman–Crippen LogP) is -1.03. The maximum absolute atomic E-state index is 11.8. The molecule has 1 aromatic rings. The number of hydrogen-bond acceptors (Lipinski definition) is 5. The van der Waals surface area contributed by atoms with Gasteiger partial charge in [-0.1, -0.05) is 0 Å². The molecule has 0 fully saturated rings. The van der Waals surface area contributed by atoms with Crippen LogP contribution in [0.1, 0.15) is 22.6 Å². The monoisotopic (exact) mass is 238 g/mol. The number of fused-ring (bicyclic) bond motifs is 1. The van der Waals surface area contributed by atoms with Crippen LogP contribution in [0.5, 0.6) is 0 Å². The van der Waals surface area contributed by atoms with E-state index in [1.165, 1.54) is 10.9 Å². The molecule has 1 atom stereocenters. The summed E-state index contributed by atoms with van der Waals surface area (Å²) < 4.78 is 1.39. The Balaban J connectivity index is 2.14. The number of nitrogens with one attached hydrogen (secondary N) is 1. The van der Waals surface area contributed by atoms with E-state index in [0.29, 0.717) is 6.54 Å². The number of carboxylic acids is 1. The van der Waals surface area contributed by atoms with Crippen LogP contribution in [0.4, 0.5) is 0 Å². The first kappa shape index (κ1) is 11.7. The van der Waals surface area contributed by atoms with E-state index in [1.807, 2.05) is 0 Å². The van der Waals surface area contributed by atoms with E-state index in [-0.39, 0.29) is 12.3 Å². The van der Waals surface area contributed by atoms with Gasteiger partial charge in [-0.25, -0.2) is 4.98 Å². The lowest BCUT2D eigenvalue weighted by Crippen LogP contribution is -2.35. The molecule has 0 bridgehead atoms. The zero-order valence-electron chi connectivity index (χ0n) is 9.22. The molecule has 0 unspecified atom stereocenters. The summed E-state index contributed by atoms with van der Waals surface area (Å²) in [6, 6.07) is -1.17. The third-order valence-corrected chi connectivity index (χ3v) is 2.76. The molecule has 2 heterocycles. The van der Waals surface area contributed by atoms with Gasteiger partial charge in [0.2, 0.25) is 5.91 Å². The van der Waals surface area contributed by atoms with Gasteiger partial charge in [-0.2, -0.15) is 0 Å². The highest BCUT2D eigenvalue weighted by Crippen LogP contribution is 2.12. The van der Waals surface area contributed by atoms with Crippen LogP contribution in [0.25, 0.3) is 0 Å². The number of rotatable bonds is 3. The molecule has 92 valence electrons. The van der Waals surface area contributed by atoms with Crippen LogP contribution in [0.3, 0.4) is 0 Å². The number of aromatic nitrogens is 2. The van der Waals surface area contributed by atoms with Gasteiger partial charge in [0.1, 0.15) is 12.4 Å². The molecular formula is C10H14N4O3. The highest BCUT2D eigenvalue weighted by Gasteiger charge is 2.22. The summed E-state index contributed by atoms with van der Waals surface area (Å²) in [6.07, 6.45) is 1.99. The van der Waals surface area contributed by atoms with Gasteiger partial charge in [-0.05, 0) is 0 Å². The molecule has 1 aliphatic rings. The molecule has 1 aliphatic heterocycles. The first-order valence-corrected chi connectivity index (χ1v) is 5.37. The molecule has 17 heavy (non-hydrogen) atoms. The number of nitrogens with zero attached hydrogens (tertiary/aromatic N) is 2. The fraction of sp³-hybridized carbons (Fsp3) is 0.500. The van der Waals surface area contributed by atoms with Crippen molar-refractivity contribution in [2.45, 2.75) is 25.4 Å². The summed E-state index contributed by atoms with van der Waals surface area (Å²) in [5.74, 6) is -1.51. The Labute approximate surface area is 97.6 Å². The zero-order chi connectivity index (χ0) is 12.4. The number of carboxylic acid groups (broad SMARTS) is 1. The summed E-state index contributed by atoms with van der Waals surface area (Å²) in [7, 11) is 0. The van der Waals surface area contributed by atoms with Crippen molar-refractivity contribution in [3.05, 3.63) is 17.7 Å². The Morgan fingerprint density at radius 2 is 2.41 bits per heavy atom. The first-order valence-electron chi connectivity index (χ1n) is 5.37. The molecule has 0 saturated heterocycles. The Kier molecular flexibility index (Phi) is 3.21. The predicted molar refractivity (Wildman–Crippen MR) is 58.5 cm³/mol. The smallest absolute Gasteiger partial charge is 0.321 e. The minimum atomic E-state index is -1.18. The van der Waals surface area contributed by atoms with Gasteiger partial charge in [0.15, 0.2) is 0 Å². The number of nitrogens with two attached hydrogens (primary N) is 1. The Morgan fingerprint density at radius 3 is 3.12 bits per heavy atom. The summed E-state index contributed by atoms with van der Waals surface area (Å²) in [5, 5.41) is 11.8. The Bertz CT molecular complexity index is 454. The van der Waals surface area contributed by atoms with Gasteiger partial charge >= 0.3 is 5.97 Å². The van der Waals surface area contributed by atoms with E-state index in [4.69, 9.17) is 10.8 Å². The number of carbonyl (C=O) groups excluding carboxylic acids is 1. The van der Waals surface area contributed by atoms with Gasteiger partial charge in [0.25, 0.3) is 0 Å². The highest BCUT2D eigenvalue weighted by atomic mass is 16.4. The topological polar surface area (TPSA) is 110 Å². The second-order valence-corrected chi connectivity index (χ2v) is 3.98. The van der Waals surface area contributed by atoms with Gasteiger partial charge in [-0.15, -0.1) is 0 Å². The van der Waals surface area contributed by atoms with Crippen molar-refractivity contribution in [3.63, 3.8) is 0 Å². The fourth-order valence-electron chi connectivity index (χ4n) is 1.81. The largest absolute Gasteiger partial charge is 0.480 e. The van der Waals surface area contributed by atoms with Crippen molar-refractivity contribution in [1.82, 2.24) is 14.9 Å². The van der Waals surface area contributed by atoms with Crippen LogP contribution in [0.2, 0.25) is 0 Å². The maximum atomic E-state index is 11.8. The Hall–Kier alpha value is -1.73. The molecule has 4 N–H and O–H groups in total. The third-order valence-electron chi connectivity index (χ3n) is 2.76. The van der Waals surface area contributed by atoms with Crippen LogP contribution >= 0.6 is 0 Å². The molecule has 7 heteroatoms. The minimum Gasteiger partial charge on any atom is -0.480 e. The van der Waals surface area contributed by atoms with E-state index in [2.05, 4.69) is 10.3 Å². The Morgan fingerprint density at radius 1 is 1.65 bits per heavy atom. The van der Waals surface area contributed by atoms with E-state index < -0.39 is 12.0 Å². The normalized spacial score (nSPS) is 16.3. The second-order valence-electron chi connectivity index (χ2n) is 3.98. The van der Waals surface area contributed by atoms with E-state index in [9.17, 15) is 9.59 Å². The van der Waals surface area contributed by atoms with Crippen molar-refractivity contribution in [1.29, 1.82) is 0 Å². The summed E-state index contributed by atoms with van der Waals surface area (Å²) in [4.78, 5) is 26.6. The summed E-state index contributed by atoms with van der Waals surface area (Å²) >= 11 is 0. The van der Waals surface area contributed by atoms with Crippen LogP contribution in [-0.4, -0.2) is 39.1 Å².